The van der Waals surface area contributed by atoms with Gasteiger partial charge in [0.2, 0.25) is 11.8 Å². The molecule has 3 rings (SSSR count). The van der Waals surface area contributed by atoms with Crippen molar-refractivity contribution >= 4 is 28.7 Å². The number of rotatable bonds is 6. The summed E-state index contributed by atoms with van der Waals surface area (Å²) < 4.78 is 4.57. The van der Waals surface area contributed by atoms with Crippen molar-refractivity contribution in [3.8, 4) is 0 Å². The van der Waals surface area contributed by atoms with E-state index < -0.39 is 12.0 Å². The zero-order valence-electron chi connectivity index (χ0n) is 16.2. The predicted molar refractivity (Wildman–Crippen MR) is 105 cm³/mol. The molecule has 1 aliphatic heterocycles. The Morgan fingerprint density at radius 3 is 2.79 bits per heavy atom. The maximum absolute atomic E-state index is 12.4. The summed E-state index contributed by atoms with van der Waals surface area (Å²) >= 11 is 0. The Morgan fingerprint density at radius 1 is 1.25 bits per heavy atom. The number of esters is 1. The number of aromatic nitrogens is 1. The second-order valence-electron chi connectivity index (χ2n) is 6.88. The summed E-state index contributed by atoms with van der Waals surface area (Å²) in [6, 6.07) is 7.55. The summed E-state index contributed by atoms with van der Waals surface area (Å²) in [6.07, 6.45) is 2.52. The molecule has 1 unspecified atom stereocenters. The zero-order valence-corrected chi connectivity index (χ0v) is 16.2. The van der Waals surface area contributed by atoms with E-state index in [0.717, 1.165) is 18.5 Å². The van der Waals surface area contributed by atoms with Gasteiger partial charge < -0.3 is 19.9 Å². The highest BCUT2D eigenvalue weighted by molar-refractivity contribution is 5.97. The number of piperazine rings is 1. The lowest BCUT2D eigenvalue weighted by Gasteiger charge is -2.40. The number of carbonyl (C=O) groups is 3. The van der Waals surface area contributed by atoms with E-state index >= 15 is 0 Å². The van der Waals surface area contributed by atoms with Crippen LogP contribution in [0.4, 0.5) is 0 Å². The Balaban J connectivity index is 1.64. The van der Waals surface area contributed by atoms with Crippen molar-refractivity contribution in [1.29, 1.82) is 0 Å². The van der Waals surface area contributed by atoms with E-state index in [1.165, 1.54) is 23.0 Å². The number of hydrogen-bond donors (Lipinski definition) is 2. The molecule has 150 valence electrons. The quantitative estimate of drug-likeness (QED) is 0.558. The summed E-state index contributed by atoms with van der Waals surface area (Å²) in [6.45, 7) is 2.29. The molecular formula is C20H26N4O4. The highest BCUT2D eigenvalue weighted by atomic mass is 16.5. The first kappa shape index (κ1) is 19.9. The molecule has 8 nitrogen and oxygen atoms in total. The van der Waals surface area contributed by atoms with E-state index in [1.807, 2.05) is 24.4 Å². The van der Waals surface area contributed by atoms with Crippen molar-refractivity contribution in [2.45, 2.75) is 18.9 Å². The Morgan fingerprint density at radius 2 is 2.04 bits per heavy atom. The highest BCUT2D eigenvalue weighted by Gasteiger charge is 2.35. The minimum atomic E-state index is -0.612. The number of methoxy groups -OCH3 is 1. The van der Waals surface area contributed by atoms with Crippen molar-refractivity contribution in [1.82, 2.24) is 20.1 Å². The lowest BCUT2D eigenvalue weighted by molar-refractivity contribution is -0.151. The second kappa shape index (κ2) is 8.88. The summed E-state index contributed by atoms with van der Waals surface area (Å²) in [7, 11) is 2.80. The molecule has 0 saturated carbocycles. The Kier molecular flexibility index (Phi) is 6.30. The van der Waals surface area contributed by atoms with E-state index in [4.69, 9.17) is 0 Å². The maximum Gasteiger partial charge on any atom is 0.315 e. The number of ether oxygens (including phenoxy) is 1. The molecule has 1 aromatic carbocycles. The Labute approximate surface area is 163 Å². The molecule has 0 aliphatic carbocycles. The largest absolute Gasteiger partial charge is 0.469 e. The number of fused-ring (bicyclic) bond motifs is 1. The fourth-order valence-electron chi connectivity index (χ4n) is 3.65. The average molecular weight is 386 g/mol. The third-order valence-corrected chi connectivity index (χ3v) is 5.23. The Bertz CT molecular complexity index is 863. The van der Waals surface area contributed by atoms with E-state index in [-0.39, 0.29) is 18.2 Å². The molecule has 1 atom stereocenters. The molecule has 1 aliphatic rings. The predicted octanol–water partition coefficient (Wildman–Crippen LogP) is 0.532. The van der Waals surface area contributed by atoms with Crippen molar-refractivity contribution in [2.24, 2.45) is 0 Å². The standard InChI is InChI=1S/C20H26N4O4/c1-21-20(27)17-13-23(9-10-24(17)18(25)11-19(26)28-2)8-7-14-12-22-16-6-4-3-5-15(14)16/h3-6,12,17,22H,7-11,13H2,1-2H3,(H,21,27). The SMILES string of the molecule is CNC(=O)C1CN(CCc2c[nH]c3ccccc23)CCN1C(=O)CC(=O)OC. The van der Waals surface area contributed by atoms with E-state index in [2.05, 4.69) is 26.0 Å². The van der Waals surface area contributed by atoms with Crippen LogP contribution in [0.1, 0.15) is 12.0 Å². The number of aromatic amines is 1. The van der Waals surface area contributed by atoms with Gasteiger partial charge in [0.25, 0.3) is 0 Å². The van der Waals surface area contributed by atoms with Crippen LogP contribution in [-0.4, -0.2) is 78.9 Å². The average Bonchev–Trinajstić information content (AvgIpc) is 3.14. The number of nitrogens with zero attached hydrogens (tertiary/aromatic N) is 2. The van der Waals surface area contributed by atoms with Crippen molar-refractivity contribution in [3.05, 3.63) is 36.0 Å². The van der Waals surface area contributed by atoms with Crippen LogP contribution < -0.4 is 5.32 Å². The summed E-state index contributed by atoms with van der Waals surface area (Å²) in [5.74, 6) is -1.20. The summed E-state index contributed by atoms with van der Waals surface area (Å²) in [4.78, 5) is 43.1. The highest BCUT2D eigenvalue weighted by Crippen LogP contribution is 2.19. The molecule has 1 saturated heterocycles. The number of benzene rings is 1. The number of nitrogens with one attached hydrogen (secondary N) is 2. The molecule has 1 fully saturated rings. The molecule has 2 aromatic rings. The normalized spacial score (nSPS) is 17.5. The van der Waals surface area contributed by atoms with Gasteiger partial charge in [-0.25, -0.2) is 0 Å². The van der Waals surface area contributed by atoms with Gasteiger partial charge in [-0.15, -0.1) is 0 Å². The summed E-state index contributed by atoms with van der Waals surface area (Å²) in [5, 5.41) is 3.83. The molecule has 28 heavy (non-hydrogen) atoms. The molecule has 2 heterocycles. The third-order valence-electron chi connectivity index (χ3n) is 5.23. The van der Waals surface area contributed by atoms with Crippen LogP contribution in [0, 0.1) is 0 Å². The van der Waals surface area contributed by atoms with Crippen LogP contribution in [0.15, 0.2) is 30.5 Å². The van der Waals surface area contributed by atoms with Gasteiger partial charge in [-0.05, 0) is 18.1 Å². The fourth-order valence-corrected chi connectivity index (χ4v) is 3.65. The van der Waals surface area contributed by atoms with Gasteiger partial charge in [-0.1, -0.05) is 18.2 Å². The molecular weight excluding hydrogens is 360 g/mol. The number of para-hydroxylation sites is 1. The van der Waals surface area contributed by atoms with Gasteiger partial charge in [0.1, 0.15) is 12.5 Å². The number of hydrogen-bond acceptors (Lipinski definition) is 5. The van der Waals surface area contributed by atoms with Crippen molar-refractivity contribution in [2.75, 3.05) is 40.3 Å². The molecule has 2 amide bonds. The number of H-pyrrole nitrogens is 1. The minimum absolute atomic E-state index is 0.227. The van der Waals surface area contributed by atoms with Crippen LogP contribution in [0.25, 0.3) is 10.9 Å². The van der Waals surface area contributed by atoms with Gasteiger partial charge >= 0.3 is 5.97 Å². The molecule has 0 radical (unpaired) electrons. The summed E-state index contributed by atoms with van der Waals surface area (Å²) in [5.41, 5.74) is 2.34. The molecule has 2 N–H and O–H groups in total. The lowest BCUT2D eigenvalue weighted by atomic mass is 10.1. The second-order valence-corrected chi connectivity index (χ2v) is 6.88. The molecule has 1 aromatic heterocycles. The number of amides is 2. The maximum atomic E-state index is 12.4. The molecule has 8 heteroatoms. The molecule has 0 spiro atoms. The van der Waals surface area contributed by atoms with Crippen LogP contribution >= 0.6 is 0 Å². The van der Waals surface area contributed by atoms with Crippen molar-refractivity contribution < 1.29 is 19.1 Å². The first-order valence-corrected chi connectivity index (χ1v) is 9.38. The zero-order chi connectivity index (χ0) is 20.1. The van der Waals surface area contributed by atoms with Crippen LogP contribution in [0.5, 0.6) is 0 Å². The van der Waals surface area contributed by atoms with E-state index in [9.17, 15) is 14.4 Å². The topological polar surface area (TPSA) is 94.7 Å². The van der Waals surface area contributed by atoms with E-state index in [1.54, 1.807) is 7.05 Å². The fraction of sp³-hybridized carbons (Fsp3) is 0.450. The number of likely N-dealkylation sites (N-methyl/N-ethyl adjacent to an activating group) is 1. The van der Waals surface area contributed by atoms with Gasteiger partial charge in [-0.2, -0.15) is 0 Å². The van der Waals surface area contributed by atoms with Gasteiger partial charge in [0, 0.05) is 50.3 Å². The first-order chi connectivity index (χ1) is 13.5. The Hall–Kier alpha value is -2.87. The van der Waals surface area contributed by atoms with Crippen LogP contribution in [0.3, 0.4) is 0 Å². The van der Waals surface area contributed by atoms with Gasteiger partial charge in [0.15, 0.2) is 0 Å². The minimum Gasteiger partial charge on any atom is -0.469 e. The third kappa shape index (κ3) is 4.33. The smallest absolute Gasteiger partial charge is 0.315 e. The molecule has 0 bridgehead atoms. The lowest BCUT2D eigenvalue weighted by Crippen LogP contribution is -2.60. The van der Waals surface area contributed by atoms with Crippen LogP contribution in [-0.2, 0) is 25.5 Å². The number of carbonyl (C=O) groups excluding carboxylic acids is 3. The van der Waals surface area contributed by atoms with Gasteiger partial charge in [-0.3, -0.25) is 19.3 Å². The van der Waals surface area contributed by atoms with E-state index in [0.29, 0.717) is 19.6 Å². The van der Waals surface area contributed by atoms with Gasteiger partial charge in [0.05, 0.1) is 7.11 Å². The van der Waals surface area contributed by atoms with Crippen LogP contribution in [0.2, 0.25) is 0 Å². The van der Waals surface area contributed by atoms with Crippen molar-refractivity contribution in [3.63, 3.8) is 0 Å². The monoisotopic (exact) mass is 386 g/mol. The first-order valence-electron chi connectivity index (χ1n) is 9.38.